The Labute approximate surface area is 260 Å². The van der Waals surface area contributed by atoms with Crippen molar-refractivity contribution in [3.63, 3.8) is 0 Å². The number of likely N-dealkylation sites (tertiary alicyclic amines) is 1. The highest BCUT2D eigenvalue weighted by atomic mass is 16.6. The number of amides is 4. The van der Waals surface area contributed by atoms with Crippen LogP contribution in [0.3, 0.4) is 0 Å². The number of hydrogen-bond donors (Lipinski definition) is 2. The van der Waals surface area contributed by atoms with Gasteiger partial charge in [-0.25, -0.2) is 4.79 Å². The molecule has 44 heavy (non-hydrogen) atoms. The smallest absolute Gasteiger partial charge is 0.410 e. The first kappa shape index (κ1) is 32.1. The lowest BCUT2D eigenvalue weighted by Crippen LogP contribution is -2.54. The molecule has 242 valence electrons. The summed E-state index contributed by atoms with van der Waals surface area (Å²) in [5, 5.41) is 0. The summed E-state index contributed by atoms with van der Waals surface area (Å²) in [6.45, 7) is 12.6. The predicted molar refractivity (Wildman–Crippen MR) is 165 cm³/mol. The molecule has 4 N–H and O–H groups in total. The summed E-state index contributed by atoms with van der Waals surface area (Å²) in [4.78, 5) is 55.8. The van der Waals surface area contributed by atoms with E-state index in [1.165, 1.54) is 0 Å². The van der Waals surface area contributed by atoms with Gasteiger partial charge >= 0.3 is 6.09 Å². The molecule has 1 spiro atoms. The highest BCUT2D eigenvalue weighted by molar-refractivity contribution is 6.03. The second-order valence-corrected chi connectivity index (χ2v) is 14.4. The van der Waals surface area contributed by atoms with Crippen LogP contribution in [0.2, 0.25) is 0 Å². The number of hydrogen-bond acceptors (Lipinski definition) is 7. The van der Waals surface area contributed by atoms with Crippen LogP contribution >= 0.6 is 0 Å². The zero-order valence-electron chi connectivity index (χ0n) is 26.8. The fraction of sp³-hybridized carbons (Fsp3) is 0.697. The van der Waals surface area contributed by atoms with Crippen LogP contribution in [0.1, 0.15) is 102 Å². The van der Waals surface area contributed by atoms with E-state index in [9.17, 15) is 19.2 Å². The third-order valence-corrected chi connectivity index (χ3v) is 9.67. The maximum absolute atomic E-state index is 13.6. The summed E-state index contributed by atoms with van der Waals surface area (Å²) in [6.07, 6.45) is 5.20. The minimum atomic E-state index is -0.881. The fourth-order valence-corrected chi connectivity index (χ4v) is 7.18. The Balaban J connectivity index is 1.16. The van der Waals surface area contributed by atoms with E-state index in [2.05, 4.69) is 18.7 Å². The lowest BCUT2D eigenvalue weighted by atomic mass is 9.85. The highest BCUT2D eigenvalue weighted by Crippen LogP contribution is 2.58. The number of piperidine rings is 1. The van der Waals surface area contributed by atoms with Crippen molar-refractivity contribution in [3.8, 4) is 5.75 Å². The van der Waals surface area contributed by atoms with Gasteiger partial charge in [0.2, 0.25) is 11.8 Å². The summed E-state index contributed by atoms with van der Waals surface area (Å²) < 4.78 is 11.9. The van der Waals surface area contributed by atoms with Gasteiger partial charge in [0.05, 0.1) is 5.54 Å². The van der Waals surface area contributed by atoms with Crippen LogP contribution in [0.5, 0.6) is 5.75 Å². The van der Waals surface area contributed by atoms with E-state index in [1.807, 2.05) is 37.8 Å². The molecule has 5 rings (SSSR count). The predicted octanol–water partition coefficient (Wildman–Crippen LogP) is 3.52. The maximum Gasteiger partial charge on any atom is 0.410 e. The van der Waals surface area contributed by atoms with Gasteiger partial charge in [-0.05, 0) is 90.3 Å². The van der Waals surface area contributed by atoms with E-state index in [1.54, 1.807) is 11.0 Å². The molecule has 2 heterocycles. The molecule has 1 aromatic rings. The molecule has 0 bridgehead atoms. The molecule has 2 saturated carbocycles. The molecule has 1 unspecified atom stereocenters. The second-order valence-electron chi connectivity index (χ2n) is 14.4. The van der Waals surface area contributed by atoms with Crippen LogP contribution in [0.15, 0.2) is 18.2 Å². The van der Waals surface area contributed by atoms with Gasteiger partial charge < -0.3 is 30.7 Å². The Kier molecular flexibility index (Phi) is 8.90. The molecule has 2 aliphatic heterocycles. The first-order valence-corrected chi connectivity index (χ1v) is 16.1. The van der Waals surface area contributed by atoms with Crippen molar-refractivity contribution in [1.29, 1.82) is 0 Å². The Morgan fingerprint density at radius 1 is 1.09 bits per heavy atom. The number of carbonyl (C=O) groups excluding carboxylic acids is 4. The molecule has 1 saturated heterocycles. The molecule has 3 fully saturated rings. The number of fused-ring (bicyclic) bond motifs is 2. The third-order valence-electron chi connectivity index (χ3n) is 9.67. The van der Waals surface area contributed by atoms with Crippen molar-refractivity contribution in [2.24, 2.45) is 17.4 Å². The first-order chi connectivity index (χ1) is 20.7. The number of nitrogens with two attached hydrogens (primary N) is 2. The Morgan fingerprint density at radius 2 is 1.75 bits per heavy atom. The monoisotopic (exact) mass is 611 g/mol. The average molecular weight is 612 g/mol. The van der Waals surface area contributed by atoms with Gasteiger partial charge in [-0.15, -0.1) is 0 Å². The summed E-state index contributed by atoms with van der Waals surface area (Å²) >= 11 is 0. The molecule has 4 aliphatic rings. The van der Waals surface area contributed by atoms with Gasteiger partial charge in [-0.1, -0.05) is 6.07 Å². The van der Waals surface area contributed by atoms with E-state index >= 15 is 0 Å². The highest BCUT2D eigenvalue weighted by Gasteiger charge is 2.60. The topological polar surface area (TPSA) is 148 Å². The Morgan fingerprint density at radius 3 is 2.30 bits per heavy atom. The van der Waals surface area contributed by atoms with Crippen molar-refractivity contribution in [1.82, 2.24) is 14.7 Å². The molecule has 2 aliphatic carbocycles. The maximum atomic E-state index is 13.6. The van der Waals surface area contributed by atoms with Crippen molar-refractivity contribution < 1.29 is 28.7 Å². The third kappa shape index (κ3) is 6.67. The summed E-state index contributed by atoms with van der Waals surface area (Å²) in [7, 11) is 0. The standard InChI is InChI=1S/C33H49N5O6/c1-20(2)37(19-21-10-14-36(15-11-21)31(42)44-32(3,4)5)22-16-24(17-22)43-23-6-7-26-25(18-23)30(41)38(33(26)12-13-33)27(29(35)40)8-9-28(34)39/h6-7,18,20-22,24,27H,8-17,19H2,1-5H3,(H2,34,39)(H2,35,40). The van der Waals surface area contributed by atoms with Crippen LogP contribution in [0.4, 0.5) is 4.79 Å². The molecule has 4 amide bonds. The van der Waals surface area contributed by atoms with E-state index in [0.29, 0.717) is 29.3 Å². The largest absolute Gasteiger partial charge is 0.490 e. The minimum absolute atomic E-state index is 0.0142. The average Bonchev–Trinajstić information content (AvgIpc) is 3.67. The van der Waals surface area contributed by atoms with Crippen molar-refractivity contribution in [2.45, 2.75) is 121 Å². The first-order valence-electron chi connectivity index (χ1n) is 16.1. The van der Waals surface area contributed by atoms with Gasteiger partial charge in [0.1, 0.15) is 23.5 Å². The minimum Gasteiger partial charge on any atom is -0.490 e. The summed E-state index contributed by atoms with van der Waals surface area (Å²) in [5.41, 5.74) is 11.4. The van der Waals surface area contributed by atoms with Crippen molar-refractivity contribution >= 4 is 23.8 Å². The number of nitrogens with zero attached hydrogens (tertiary/aromatic N) is 3. The molecule has 1 aromatic carbocycles. The molecular formula is C33H49N5O6. The van der Waals surface area contributed by atoms with Gasteiger partial charge in [0, 0.05) is 56.5 Å². The van der Waals surface area contributed by atoms with E-state index in [-0.39, 0.29) is 30.9 Å². The summed E-state index contributed by atoms with van der Waals surface area (Å²) in [5.74, 6) is -0.218. The lowest BCUT2D eigenvalue weighted by molar-refractivity contribution is -0.124. The van der Waals surface area contributed by atoms with Gasteiger partial charge in [-0.3, -0.25) is 19.3 Å². The van der Waals surface area contributed by atoms with Crippen LogP contribution in [-0.4, -0.2) is 88.0 Å². The van der Waals surface area contributed by atoms with Crippen molar-refractivity contribution in [3.05, 3.63) is 29.3 Å². The van der Waals surface area contributed by atoms with E-state index in [0.717, 1.165) is 63.7 Å². The quantitative estimate of drug-likeness (QED) is 0.389. The molecule has 11 nitrogen and oxygen atoms in total. The van der Waals surface area contributed by atoms with Gasteiger partial charge in [-0.2, -0.15) is 0 Å². The van der Waals surface area contributed by atoms with Crippen LogP contribution in [0, 0.1) is 5.92 Å². The molecule has 0 radical (unpaired) electrons. The van der Waals surface area contributed by atoms with Crippen LogP contribution in [0.25, 0.3) is 0 Å². The number of rotatable bonds is 11. The molecule has 1 atom stereocenters. The van der Waals surface area contributed by atoms with Crippen LogP contribution < -0.4 is 16.2 Å². The normalized spacial score (nSPS) is 23.5. The summed E-state index contributed by atoms with van der Waals surface area (Å²) in [6, 6.07) is 5.61. The zero-order chi connectivity index (χ0) is 32.0. The molecule has 11 heteroatoms. The molecule has 0 aromatic heterocycles. The Hall–Kier alpha value is -3.34. The fourth-order valence-electron chi connectivity index (χ4n) is 7.18. The van der Waals surface area contributed by atoms with Gasteiger partial charge in [0.15, 0.2) is 0 Å². The lowest BCUT2D eigenvalue weighted by Gasteiger charge is -2.46. The number of primary amides is 2. The van der Waals surface area contributed by atoms with Gasteiger partial charge in [0.25, 0.3) is 5.91 Å². The van der Waals surface area contributed by atoms with E-state index < -0.39 is 29.0 Å². The number of carbonyl (C=O) groups is 4. The van der Waals surface area contributed by atoms with Crippen LogP contribution in [-0.2, 0) is 19.9 Å². The van der Waals surface area contributed by atoms with E-state index in [4.69, 9.17) is 20.9 Å². The zero-order valence-corrected chi connectivity index (χ0v) is 26.8. The Bertz CT molecular complexity index is 1270. The number of benzene rings is 1. The second kappa shape index (κ2) is 12.2. The SMILES string of the molecule is CC(C)N(CC1CCN(C(=O)OC(C)(C)C)CC1)C1CC(Oc2ccc3c(c2)C(=O)N(C(CCC(N)=O)C(N)=O)C32CC2)C1. The number of ether oxygens (including phenoxy) is 2. The molecular weight excluding hydrogens is 562 g/mol. The van der Waals surface area contributed by atoms with Crippen molar-refractivity contribution in [2.75, 3.05) is 19.6 Å².